The molecule has 7 heteroatoms. The second kappa shape index (κ2) is 7.04. The number of aromatic nitrogens is 1. The molecule has 7 nitrogen and oxygen atoms in total. The number of fused-ring (bicyclic) bond motifs is 1. The van der Waals surface area contributed by atoms with Gasteiger partial charge in [-0.25, -0.2) is 0 Å². The van der Waals surface area contributed by atoms with Crippen LogP contribution >= 0.6 is 0 Å². The minimum Gasteiger partial charge on any atom is -0.497 e. The molecule has 1 heterocycles. The molecule has 3 rings (SSSR count). The van der Waals surface area contributed by atoms with Crippen LogP contribution in [-0.4, -0.2) is 42.7 Å². The highest BCUT2D eigenvalue weighted by molar-refractivity contribution is 5.89. The van der Waals surface area contributed by atoms with Gasteiger partial charge >= 0.3 is 5.97 Å². The Bertz CT molecular complexity index is 798. The number of H-pyrrole nitrogens is 1. The van der Waals surface area contributed by atoms with E-state index >= 15 is 0 Å². The number of aromatic amines is 1. The molecule has 1 aliphatic carbocycles. The van der Waals surface area contributed by atoms with Gasteiger partial charge in [0, 0.05) is 29.8 Å². The Hall–Kier alpha value is -2.70. The Morgan fingerprint density at radius 1 is 1.24 bits per heavy atom. The van der Waals surface area contributed by atoms with Crippen LogP contribution in [0.25, 0.3) is 10.9 Å². The Labute approximate surface area is 145 Å². The second-order valence-corrected chi connectivity index (χ2v) is 6.27. The van der Waals surface area contributed by atoms with Crippen molar-refractivity contribution in [3.63, 3.8) is 0 Å². The van der Waals surface area contributed by atoms with Crippen molar-refractivity contribution < 1.29 is 24.2 Å². The average molecular weight is 346 g/mol. The van der Waals surface area contributed by atoms with Crippen LogP contribution in [0.2, 0.25) is 0 Å². The smallest absolute Gasteiger partial charge is 0.307 e. The lowest BCUT2D eigenvalue weighted by molar-refractivity contribution is -0.140. The number of methoxy groups -OCH3 is 2. The summed E-state index contributed by atoms with van der Waals surface area (Å²) in [6.45, 7) is 0.525. The fourth-order valence-electron chi connectivity index (χ4n) is 3.04. The molecule has 1 amide bonds. The summed E-state index contributed by atoms with van der Waals surface area (Å²) in [5.41, 5.74) is 1.99. The van der Waals surface area contributed by atoms with Gasteiger partial charge in [-0.3, -0.25) is 9.59 Å². The van der Waals surface area contributed by atoms with Crippen LogP contribution in [0.15, 0.2) is 18.2 Å². The Balaban J connectivity index is 1.53. The zero-order valence-corrected chi connectivity index (χ0v) is 14.3. The van der Waals surface area contributed by atoms with Gasteiger partial charge in [-0.1, -0.05) is 0 Å². The molecule has 1 saturated carbocycles. The molecule has 0 radical (unpaired) electrons. The van der Waals surface area contributed by atoms with Crippen LogP contribution in [0.5, 0.6) is 11.5 Å². The van der Waals surface area contributed by atoms with Crippen molar-refractivity contribution in [2.75, 3.05) is 20.8 Å². The molecule has 1 aromatic heterocycles. The van der Waals surface area contributed by atoms with E-state index in [1.165, 1.54) is 0 Å². The SMILES string of the molecule is COc1cc(OC)c2cc(CCCNC(=O)[C@H]3C[C@H]3C(=O)O)[nH]c2c1. The molecule has 0 aliphatic heterocycles. The van der Waals surface area contributed by atoms with Gasteiger partial charge < -0.3 is 24.9 Å². The van der Waals surface area contributed by atoms with Crippen molar-refractivity contribution in [2.24, 2.45) is 11.8 Å². The molecule has 1 fully saturated rings. The maximum Gasteiger partial charge on any atom is 0.307 e. The van der Waals surface area contributed by atoms with E-state index in [4.69, 9.17) is 14.6 Å². The van der Waals surface area contributed by atoms with Gasteiger partial charge in [0.25, 0.3) is 0 Å². The number of carbonyl (C=O) groups is 2. The normalized spacial score (nSPS) is 18.8. The fourth-order valence-corrected chi connectivity index (χ4v) is 3.04. The minimum absolute atomic E-state index is 0.157. The number of carboxylic acid groups (broad SMARTS) is 1. The molecule has 25 heavy (non-hydrogen) atoms. The lowest BCUT2D eigenvalue weighted by atomic mass is 10.2. The summed E-state index contributed by atoms with van der Waals surface area (Å²) >= 11 is 0. The summed E-state index contributed by atoms with van der Waals surface area (Å²) in [4.78, 5) is 25.9. The molecule has 0 unspecified atom stereocenters. The Kier molecular flexibility index (Phi) is 4.83. The van der Waals surface area contributed by atoms with E-state index in [0.29, 0.717) is 13.0 Å². The van der Waals surface area contributed by atoms with Gasteiger partial charge in [-0.05, 0) is 25.3 Å². The van der Waals surface area contributed by atoms with E-state index in [0.717, 1.165) is 40.9 Å². The maximum atomic E-state index is 11.8. The molecule has 3 N–H and O–H groups in total. The lowest BCUT2D eigenvalue weighted by Gasteiger charge is -2.04. The highest BCUT2D eigenvalue weighted by atomic mass is 16.5. The van der Waals surface area contributed by atoms with Crippen molar-refractivity contribution in [3.8, 4) is 11.5 Å². The van der Waals surface area contributed by atoms with Crippen LogP contribution in [0.3, 0.4) is 0 Å². The zero-order valence-electron chi connectivity index (χ0n) is 14.3. The molecule has 134 valence electrons. The van der Waals surface area contributed by atoms with E-state index < -0.39 is 11.9 Å². The van der Waals surface area contributed by atoms with Crippen LogP contribution in [-0.2, 0) is 16.0 Å². The van der Waals surface area contributed by atoms with Crippen LogP contribution in [0, 0.1) is 11.8 Å². The number of benzene rings is 1. The van der Waals surface area contributed by atoms with Crippen molar-refractivity contribution in [1.82, 2.24) is 10.3 Å². The third-order valence-corrected chi connectivity index (χ3v) is 4.55. The first kappa shape index (κ1) is 17.1. The number of hydrogen-bond acceptors (Lipinski definition) is 4. The Morgan fingerprint density at radius 2 is 2.04 bits per heavy atom. The first-order valence-electron chi connectivity index (χ1n) is 8.27. The summed E-state index contributed by atoms with van der Waals surface area (Å²) < 4.78 is 10.7. The van der Waals surface area contributed by atoms with E-state index in [-0.39, 0.29) is 11.8 Å². The molecule has 0 saturated heterocycles. The molecule has 2 aromatic rings. The number of nitrogens with one attached hydrogen (secondary N) is 2. The van der Waals surface area contributed by atoms with Gasteiger partial charge in [-0.2, -0.15) is 0 Å². The number of rotatable bonds is 8. The quantitative estimate of drug-likeness (QED) is 0.634. The number of aliphatic carboxylic acids is 1. The van der Waals surface area contributed by atoms with Gasteiger partial charge in [0.1, 0.15) is 11.5 Å². The van der Waals surface area contributed by atoms with E-state index in [2.05, 4.69) is 10.3 Å². The molecule has 2 atom stereocenters. The summed E-state index contributed by atoms with van der Waals surface area (Å²) in [5, 5.41) is 12.6. The largest absolute Gasteiger partial charge is 0.497 e. The molecule has 1 aliphatic rings. The summed E-state index contributed by atoms with van der Waals surface area (Å²) in [6, 6.07) is 5.80. The predicted octanol–water partition coefficient (Wildman–Crippen LogP) is 1.95. The number of amides is 1. The van der Waals surface area contributed by atoms with Crippen LogP contribution < -0.4 is 14.8 Å². The van der Waals surface area contributed by atoms with Gasteiger partial charge in [0.2, 0.25) is 5.91 Å². The van der Waals surface area contributed by atoms with E-state index in [1.54, 1.807) is 14.2 Å². The van der Waals surface area contributed by atoms with Crippen LogP contribution in [0.4, 0.5) is 0 Å². The van der Waals surface area contributed by atoms with Gasteiger partial charge in [0.15, 0.2) is 0 Å². The third-order valence-electron chi connectivity index (χ3n) is 4.55. The number of hydrogen-bond donors (Lipinski definition) is 3. The maximum absolute atomic E-state index is 11.8. The van der Waals surface area contributed by atoms with E-state index in [9.17, 15) is 9.59 Å². The topological polar surface area (TPSA) is 101 Å². The summed E-state index contributed by atoms with van der Waals surface area (Å²) in [6.07, 6.45) is 1.99. The minimum atomic E-state index is -0.886. The first-order chi connectivity index (χ1) is 12.0. The highest BCUT2D eigenvalue weighted by Gasteiger charge is 2.48. The number of carboxylic acids is 1. The average Bonchev–Trinajstić information content (AvgIpc) is 3.31. The van der Waals surface area contributed by atoms with Gasteiger partial charge in [0.05, 0.1) is 31.6 Å². The first-order valence-corrected chi connectivity index (χ1v) is 8.27. The molecular weight excluding hydrogens is 324 g/mol. The lowest BCUT2D eigenvalue weighted by Crippen LogP contribution is -2.27. The standard InChI is InChI=1S/C18H22N2O5/c1-24-11-7-15-14(16(8-11)25-2)6-10(20-15)4-3-5-19-17(21)12-9-13(12)18(22)23/h6-8,12-13,20H,3-5,9H2,1-2H3,(H,19,21)(H,22,23)/t12-,13+/m0/s1. The molecular formula is C18H22N2O5. The van der Waals surface area contributed by atoms with Crippen molar-refractivity contribution in [3.05, 3.63) is 23.9 Å². The highest BCUT2D eigenvalue weighted by Crippen LogP contribution is 2.38. The molecule has 1 aromatic carbocycles. The van der Waals surface area contributed by atoms with Crippen molar-refractivity contribution in [1.29, 1.82) is 0 Å². The van der Waals surface area contributed by atoms with Crippen LogP contribution in [0.1, 0.15) is 18.5 Å². The predicted molar refractivity (Wildman–Crippen MR) is 92.0 cm³/mol. The number of aryl methyl sites for hydroxylation is 1. The fraction of sp³-hybridized carbons (Fsp3) is 0.444. The van der Waals surface area contributed by atoms with Gasteiger partial charge in [-0.15, -0.1) is 0 Å². The summed E-state index contributed by atoms with van der Waals surface area (Å²) in [7, 11) is 3.24. The molecule has 0 bridgehead atoms. The van der Waals surface area contributed by atoms with E-state index in [1.807, 2.05) is 18.2 Å². The molecule has 0 spiro atoms. The zero-order chi connectivity index (χ0) is 18.0. The number of carbonyl (C=O) groups excluding carboxylic acids is 1. The van der Waals surface area contributed by atoms with Crippen molar-refractivity contribution in [2.45, 2.75) is 19.3 Å². The monoisotopic (exact) mass is 346 g/mol. The summed E-state index contributed by atoms with van der Waals surface area (Å²) in [5.74, 6) is -0.433. The number of ether oxygens (including phenoxy) is 2. The Morgan fingerprint density at radius 3 is 2.68 bits per heavy atom. The second-order valence-electron chi connectivity index (χ2n) is 6.27. The van der Waals surface area contributed by atoms with Crippen molar-refractivity contribution >= 4 is 22.8 Å². The third kappa shape index (κ3) is 3.70.